The van der Waals surface area contributed by atoms with E-state index in [0.29, 0.717) is 25.9 Å². The van der Waals surface area contributed by atoms with Crippen molar-refractivity contribution in [3.05, 3.63) is 34.9 Å². The summed E-state index contributed by atoms with van der Waals surface area (Å²) in [6.07, 6.45) is 2.18. The van der Waals surface area contributed by atoms with Crippen molar-refractivity contribution >= 4 is 11.8 Å². The summed E-state index contributed by atoms with van der Waals surface area (Å²) < 4.78 is 5.24. The number of rotatable bonds is 4. The lowest BCUT2D eigenvalue weighted by atomic mass is 10.0. The Morgan fingerprint density at radius 2 is 2.10 bits per heavy atom. The highest BCUT2D eigenvalue weighted by molar-refractivity contribution is 5.84. The highest BCUT2D eigenvalue weighted by atomic mass is 16.5. The van der Waals surface area contributed by atoms with E-state index < -0.39 is 6.10 Å². The van der Waals surface area contributed by atoms with E-state index in [1.54, 1.807) is 0 Å². The number of hydrogen-bond donors (Lipinski definition) is 2. The molecule has 0 spiro atoms. The molecule has 0 aliphatic carbocycles. The van der Waals surface area contributed by atoms with Gasteiger partial charge >= 0.3 is 0 Å². The average molecular weight is 290 g/mol. The maximum absolute atomic E-state index is 11.7. The van der Waals surface area contributed by atoms with Crippen LogP contribution in [0.5, 0.6) is 0 Å². The summed E-state index contributed by atoms with van der Waals surface area (Å²) in [6.45, 7) is 4.70. The quantitative estimate of drug-likeness (QED) is 0.827. The van der Waals surface area contributed by atoms with Gasteiger partial charge in [-0.15, -0.1) is 0 Å². The number of nitrogens with one attached hydrogen (secondary N) is 2. The molecule has 2 rings (SSSR count). The second-order valence-electron chi connectivity index (χ2n) is 5.47. The molecule has 1 saturated heterocycles. The molecule has 1 aromatic rings. The molecule has 1 unspecified atom stereocenters. The summed E-state index contributed by atoms with van der Waals surface area (Å²) in [5, 5.41) is 0. The molecule has 1 aliphatic rings. The van der Waals surface area contributed by atoms with Crippen molar-refractivity contribution in [2.45, 2.75) is 45.6 Å². The maximum atomic E-state index is 11.7. The lowest BCUT2D eigenvalue weighted by Crippen LogP contribution is -2.46. The summed E-state index contributed by atoms with van der Waals surface area (Å²) in [7, 11) is 0. The van der Waals surface area contributed by atoms with Crippen molar-refractivity contribution in [3.8, 4) is 0 Å². The normalized spacial score (nSPS) is 17.5. The highest BCUT2D eigenvalue weighted by Crippen LogP contribution is 2.13. The van der Waals surface area contributed by atoms with Crippen molar-refractivity contribution < 1.29 is 14.3 Å². The molecule has 0 saturated carbocycles. The first kappa shape index (κ1) is 15.5. The van der Waals surface area contributed by atoms with E-state index in [1.165, 1.54) is 11.1 Å². The molecule has 2 N–H and O–H groups in total. The Kier molecular flexibility index (Phi) is 5.33. The highest BCUT2D eigenvalue weighted by Gasteiger charge is 2.23. The Bertz CT molecular complexity index is 522. The van der Waals surface area contributed by atoms with Gasteiger partial charge in [-0.05, 0) is 44.2 Å². The molecule has 5 nitrogen and oxygen atoms in total. The van der Waals surface area contributed by atoms with Crippen molar-refractivity contribution in [2.24, 2.45) is 0 Å². The molecular weight excluding hydrogens is 268 g/mol. The van der Waals surface area contributed by atoms with Gasteiger partial charge in [-0.3, -0.25) is 20.4 Å². The third kappa shape index (κ3) is 4.56. The molecule has 21 heavy (non-hydrogen) atoms. The van der Waals surface area contributed by atoms with E-state index >= 15 is 0 Å². The van der Waals surface area contributed by atoms with Crippen LogP contribution in [0.25, 0.3) is 0 Å². The number of benzene rings is 1. The fraction of sp³-hybridized carbons (Fsp3) is 0.500. The van der Waals surface area contributed by atoms with Crippen molar-refractivity contribution in [1.29, 1.82) is 0 Å². The van der Waals surface area contributed by atoms with Gasteiger partial charge in [0, 0.05) is 13.0 Å². The summed E-state index contributed by atoms with van der Waals surface area (Å²) in [5.74, 6) is -0.464. The van der Waals surface area contributed by atoms with Crippen LogP contribution in [0.2, 0.25) is 0 Å². The van der Waals surface area contributed by atoms with Crippen LogP contribution in [0.4, 0.5) is 0 Å². The minimum absolute atomic E-state index is 0.193. The van der Waals surface area contributed by atoms with Crippen molar-refractivity contribution in [1.82, 2.24) is 10.9 Å². The number of hydrogen-bond acceptors (Lipinski definition) is 3. The number of ether oxygens (including phenoxy) is 1. The molecule has 0 aromatic heterocycles. The molecule has 1 heterocycles. The van der Waals surface area contributed by atoms with Gasteiger partial charge in [0.25, 0.3) is 5.91 Å². The number of aryl methyl sites for hydroxylation is 3. The summed E-state index contributed by atoms with van der Waals surface area (Å²) in [5.41, 5.74) is 8.42. The third-order valence-corrected chi connectivity index (χ3v) is 3.67. The molecule has 2 amide bonds. The minimum Gasteiger partial charge on any atom is -0.368 e. The fourth-order valence-electron chi connectivity index (χ4n) is 2.43. The van der Waals surface area contributed by atoms with E-state index in [2.05, 4.69) is 16.9 Å². The standard InChI is InChI=1S/C16H22N2O3/c1-11-5-6-13(12(2)10-11)7-8-15(19)17-18-16(20)14-4-3-9-21-14/h5-6,10,14H,3-4,7-9H2,1-2H3,(H,17,19)(H,18,20). The van der Waals surface area contributed by atoms with Gasteiger partial charge in [-0.25, -0.2) is 0 Å². The summed E-state index contributed by atoms with van der Waals surface area (Å²) >= 11 is 0. The van der Waals surface area contributed by atoms with E-state index in [0.717, 1.165) is 12.0 Å². The average Bonchev–Trinajstić information content (AvgIpc) is 2.98. The summed E-state index contributed by atoms with van der Waals surface area (Å²) in [4.78, 5) is 23.4. The molecule has 5 heteroatoms. The zero-order valence-corrected chi connectivity index (χ0v) is 12.6. The first-order valence-corrected chi connectivity index (χ1v) is 7.32. The third-order valence-electron chi connectivity index (χ3n) is 3.67. The minimum atomic E-state index is -0.426. The predicted molar refractivity (Wildman–Crippen MR) is 79.5 cm³/mol. The monoisotopic (exact) mass is 290 g/mol. The Morgan fingerprint density at radius 1 is 1.29 bits per heavy atom. The molecule has 1 aromatic carbocycles. The maximum Gasteiger partial charge on any atom is 0.267 e. The van der Waals surface area contributed by atoms with Crippen LogP contribution < -0.4 is 10.9 Å². The zero-order valence-electron chi connectivity index (χ0n) is 12.6. The Morgan fingerprint density at radius 3 is 2.76 bits per heavy atom. The van der Waals surface area contributed by atoms with Gasteiger partial charge in [0.15, 0.2) is 0 Å². The first-order valence-electron chi connectivity index (χ1n) is 7.32. The lowest BCUT2D eigenvalue weighted by molar-refractivity contribution is -0.134. The van der Waals surface area contributed by atoms with Gasteiger partial charge in [0.05, 0.1) is 0 Å². The topological polar surface area (TPSA) is 67.4 Å². The first-order chi connectivity index (χ1) is 10.1. The van der Waals surface area contributed by atoms with Gasteiger partial charge in [-0.2, -0.15) is 0 Å². The Hall–Kier alpha value is -1.88. The molecule has 114 valence electrons. The van der Waals surface area contributed by atoms with Crippen molar-refractivity contribution in [3.63, 3.8) is 0 Å². The van der Waals surface area contributed by atoms with Crippen LogP contribution in [0.1, 0.15) is 36.0 Å². The van der Waals surface area contributed by atoms with Crippen LogP contribution in [0, 0.1) is 13.8 Å². The number of carbonyl (C=O) groups excluding carboxylic acids is 2. The SMILES string of the molecule is Cc1ccc(CCC(=O)NNC(=O)C2CCCO2)c(C)c1. The van der Waals surface area contributed by atoms with Crippen LogP contribution in [-0.4, -0.2) is 24.5 Å². The number of amides is 2. The molecule has 0 radical (unpaired) electrons. The fourth-order valence-corrected chi connectivity index (χ4v) is 2.43. The van der Waals surface area contributed by atoms with Gasteiger partial charge < -0.3 is 4.74 Å². The van der Waals surface area contributed by atoms with Gasteiger partial charge in [-0.1, -0.05) is 23.8 Å². The van der Waals surface area contributed by atoms with Crippen molar-refractivity contribution in [2.75, 3.05) is 6.61 Å². The number of carbonyl (C=O) groups is 2. The van der Waals surface area contributed by atoms with E-state index in [1.807, 2.05) is 26.0 Å². The van der Waals surface area contributed by atoms with E-state index in [4.69, 9.17) is 4.74 Å². The molecule has 1 aliphatic heterocycles. The molecule has 0 bridgehead atoms. The molecule has 1 fully saturated rings. The van der Waals surface area contributed by atoms with Crippen LogP contribution in [0.3, 0.4) is 0 Å². The predicted octanol–water partition coefficient (Wildman–Crippen LogP) is 1.56. The van der Waals surface area contributed by atoms with Crippen LogP contribution in [-0.2, 0) is 20.7 Å². The number of hydrazine groups is 1. The summed E-state index contributed by atoms with van der Waals surface area (Å²) in [6, 6.07) is 6.19. The molecular formula is C16H22N2O3. The Labute approximate surface area is 125 Å². The van der Waals surface area contributed by atoms with Gasteiger partial charge in [0.1, 0.15) is 6.10 Å². The molecule has 1 atom stereocenters. The van der Waals surface area contributed by atoms with E-state index in [9.17, 15) is 9.59 Å². The zero-order chi connectivity index (χ0) is 15.2. The van der Waals surface area contributed by atoms with Crippen LogP contribution >= 0.6 is 0 Å². The smallest absolute Gasteiger partial charge is 0.267 e. The van der Waals surface area contributed by atoms with Crippen LogP contribution in [0.15, 0.2) is 18.2 Å². The van der Waals surface area contributed by atoms with Gasteiger partial charge in [0.2, 0.25) is 5.91 Å². The van der Waals surface area contributed by atoms with E-state index in [-0.39, 0.29) is 11.8 Å². The Balaban J connectivity index is 1.73. The second-order valence-corrected chi connectivity index (χ2v) is 5.47. The second kappa shape index (κ2) is 7.22. The lowest BCUT2D eigenvalue weighted by Gasteiger charge is -2.12. The largest absolute Gasteiger partial charge is 0.368 e.